The summed E-state index contributed by atoms with van der Waals surface area (Å²) >= 11 is 0. The Hall–Kier alpha value is -8.49. The lowest BCUT2D eigenvalue weighted by atomic mass is 10.1. The second-order valence-corrected chi connectivity index (χ2v) is 14.0. The summed E-state index contributed by atoms with van der Waals surface area (Å²) in [5.41, 5.74) is 12.9. The highest BCUT2D eigenvalue weighted by molar-refractivity contribution is 6.13. The first-order chi connectivity index (χ1) is 30.3. The van der Waals surface area contributed by atoms with Crippen molar-refractivity contribution in [2.24, 2.45) is 11.5 Å². The van der Waals surface area contributed by atoms with Gasteiger partial charge in [-0.3, -0.25) is 49.1 Å². The van der Waals surface area contributed by atoms with E-state index in [2.05, 4.69) is 20.6 Å². The molecule has 7 amide bonds. The summed E-state index contributed by atoms with van der Waals surface area (Å²) in [5, 5.41) is 5.50. The lowest BCUT2D eigenvalue weighted by Gasteiger charge is -2.19. The predicted molar refractivity (Wildman–Crippen MR) is 224 cm³/mol. The number of nitrogens with one attached hydrogen (secondary N) is 2. The quantitative estimate of drug-likeness (QED) is 0.0518. The SMILES string of the molecule is COc1cc(C(N)=O)cc2nc(NC(=O)c3ccco3)n(C/C=C/Cn3c(NC(=O)c4ccco4)nc4cc(C(N)=O)cc(OCCCN(C)C(=O)CCN5C(=O)C=CC5=O)c43)c12. The topological polar surface area (TPSA) is 282 Å². The van der Waals surface area contributed by atoms with Crippen molar-refractivity contribution in [3.63, 3.8) is 0 Å². The van der Waals surface area contributed by atoms with Crippen molar-refractivity contribution in [3.8, 4) is 11.5 Å². The van der Waals surface area contributed by atoms with Crippen molar-refractivity contribution in [2.75, 3.05) is 44.5 Å². The van der Waals surface area contributed by atoms with Crippen molar-refractivity contribution in [3.05, 3.63) is 108 Å². The van der Waals surface area contributed by atoms with Crippen LogP contribution in [0.3, 0.4) is 0 Å². The Kier molecular flexibility index (Phi) is 12.5. The van der Waals surface area contributed by atoms with Crippen LogP contribution in [-0.4, -0.2) is 104 Å². The molecule has 63 heavy (non-hydrogen) atoms. The molecule has 0 saturated heterocycles. The van der Waals surface area contributed by atoms with Crippen LogP contribution in [-0.2, 0) is 27.5 Å². The fraction of sp³-hybridized carbons (Fsp3) is 0.214. The highest BCUT2D eigenvalue weighted by Gasteiger charge is 2.25. The van der Waals surface area contributed by atoms with Gasteiger partial charge in [0.05, 0.1) is 37.3 Å². The maximum atomic E-state index is 13.2. The molecule has 0 saturated carbocycles. The van der Waals surface area contributed by atoms with Crippen molar-refractivity contribution in [2.45, 2.75) is 25.9 Å². The Bertz CT molecular complexity index is 2800. The number of hydrogen-bond acceptors (Lipinski definition) is 13. The summed E-state index contributed by atoms with van der Waals surface area (Å²) < 4.78 is 25.7. The van der Waals surface area contributed by atoms with Crippen LogP contribution in [0, 0.1) is 0 Å². The van der Waals surface area contributed by atoms with Gasteiger partial charge >= 0.3 is 0 Å². The van der Waals surface area contributed by atoms with Crippen LogP contribution in [0.25, 0.3) is 22.1 Å². The predicted octanol–water partition coefficient (Wildman–Crippen LogP) is 3.08. The molecule has 0 aliphatic carbocycles. The van der Waals surface area contributed by atoms with Gasteiger partial charge < -0.3 is 43.8 Å². The number of fused-ring (bicyclic) bond motifs is 2. The van der Waals surface area contributed by atoms with Gasteiger partial charge in [-0.1, -0.05) is 12.2 Å². The van der Waals surface area contributed by atoms with Gasteiger partial charge in [0.15, 0.2) is 11.5 Å². The molecule has 0 radical (unpaired) electrons. The van der Waals surface area contributed by atoms with Crippen LogP contribution >= 0.6 is 0 Å². The molecular formula is C42H40N10O11. The summed E-state index contributed by atoms with van der Waals surface area (Å²) in [6.07, 6.45) is 8.81. The zero-order valence-electron chi connectivity index (χ0n) is 33.9. The molecule has 0 atom stereocenters. The maximum Gasteiger partial charge on any atom is 0.293 e. The molecule has 7 rings (SSSR count). The Balaban J connectivity index is 1.16. The van der Waals surface area contributed by atoms with Crippen LogP contribution in [0.4, 0.5) is 11.9 Å². The lowest BCUT2D eigenvalue weighted by Crippen LogP contribution is -2.36. The van der Waals surface area contributed by atoms with E-state index in [-0.39, 0.29) is 96.7 Å². The number of anilines is 2. The molecule has 21 nitrogen and oxygen atoms in total. The number of benzene rings is 2. The van der Waals surface area contributed by atoms with Crippen LogP contribution in [0.15, 0.2) is 94.2 Å². The van der Waals surface area contributed by atoms with Crippen molar-refractivity contribution in [1.29, 1.82) is 0 Å². The summed E-state index contributed by atoms with van der Waals surface area (Å²) in [4.78, 5) is 99.1. The number of imide groups is 1. The number of nitrogens with zero attached hydrogens (tertiary/aromatic N) is 6. The second kappa shape index (κ2) is 18.4. The molecule has 1 aliphatic heterocycles. The van der Waals surface area contributed by atoms with Crippen molar-refractivity contribution >= 4 is 75.3 Å². The molecular weight excluding hydrogens is 821 g/mol. The second-order valence-electron chi connectivity index (χ2n) is 14.0. The Labute approximate surface area is 356 Å². The van der Waals surface area contributed by atoms with E-state index in [1.165, 1.54) is 60.9 Å². The number of imidazole rings is 2. The summed E-state index contributed by atoms with van der Waals surface area (Å²) in [6.45, 7) is 0.436. The van der Waals surface area contributed by atoms with Crippen LogP contribution in [0.1, 0.15) is 54.7 Å². The van der Waals surface area contributed by atoms with E-state index >= 15 is 0 Å². The average molecular weight is 861 g/mol. The molecule has 0 unspecified atom stereocenters. The number of carbonyl (C=O) groups is 7. The third-order valence-electron chi connectivity index (χ3n) is 9.86. The van der Waals surface area contributed by atoms with Gasteiger partial charge in [0, 0.05) is 62.9 Å². The Morgan fingerprint density at radius 3 is 1.76 bits per heavy atom. The number of allylic oxidation sites excluding steroid dienone is 2. The molecule has 1 aliphatic rings. The maximum absolute atomic E-state index is 13.2. The van der Waals surface area contributed by atoms with Gasteiger partial charge in [0.1, 0.15) is 22.5 Å². The Morgan fingerprint density at radius 1 is 0.778 bits per heavy atom. The summed E-state index contributed by atoms with van der Waals surface area (Å²) in [5.74, 6) is -3.19. The standard InChI is InChI=1S/C42H40N10O11/c1-49(32(53)12-16-50-33(54)10-11-34(50)55)13-7-19-63-31-23-25(38(44)57)21-27-36(31)52(42(46-27)48-40(59)29-9-6-18-62-29)15-4-3-14-51-35-26(20-24(37(43)56)22-30(35)60-2)45-41(51)47-39(58)28-8-5-17-61-28/h3-6,8-11,17-18,20-23H,7,12-16,19H2,1-2H3,(H2,43,56)(H2,44,57)(H,45,47,58)(H,46,48,59)/b4-3+. The molecule has 6 aromatic rings. The van der Waals surface area contributed by atoms with Gasteiger partial charge in [0.2, 0.25) is 29.6 Å². The molecule has 324 valence electrons. The van der Waals surface area contributed by atoms with E-state index < -0.39 is 35.4 Å². The van der Waals surface area contributed by atoms with E-state index in [1.807, 2.05) is 0 Å². The van der Waals surface area contributed by atoms with Crippen LogP contribution in [0.5, 0.6) is 11.5 Å². The number of ether oxygens (including phenoxy) is 2. The van der Waals surface area contributed by atoms with Crippen molar-refractivity contribution < 1.29 is 51.9 Å². The minimum absolute atomic E-state index is 0.0111. The lowest BCUT2D eigenvalue weighted by molar-refractivity contribution is -0.138. The number of rotatable bonds is 19. The zero-order chi connectivity index (χ0) is 44.8. The largest absolute Gasteiger partial charge is 0.494 e. The molecule has 5 heterocycles. The smallest absolute Gasteiger partial charge is 0.293 e. The third kappa shape index (κ3) is 9.31. The number of nitrogens with two attached hydrogens (primary N) is 2. The molecule has 0 bridgehead atoms. The molecule has 4 aromatic heterocycles. The normalized spacial score (nSPS) is 12.4. The van der Waals surface area contributed by atoms with E-state index in [0.29, 0.717) is 23.0 Å². The van der Waals surface area contributed by atoms with Gasteiger partial charge in [-0.15, -0.1) is 0 Å². The first-order valence-corrected chi connectivity index (χ1v) is 19.3. The minimum Gasteiger partial charge on any atom is -0.494 e. The fourth-order valence-corrected chi connectivity index (χ4v) is 6.72. The van der Waals surface area contributed by atoms with Gasteiger partial charge in [-0.2, -0.15) is 0 Å². The van der Waals surface area contributed by atoms with E-state index in [0.717, 1.165) is 17.1 Å². The number of furan rings is 2. The van der Waals surface area contributed by atoms with Crippen molar-refractivity contribution in [1.82, 2.24) is 28.9 Å². The van der Waals surface area contributed by atoms with Gasteiger partial charge in [-0.05, 0) is 55.0 Å². The molecule has 6 N–H and O–H groups in total. The summed E-state index contributed by atoms with van der Waals surface area (Å²) in [6, 6.07) is 11.9. The highest BCUT2D eigenvalue weighted by atomic mass is 16.5. The molecule has 0 spiro atoms. The summed E-state index contributed by atoms with van der Waals surface area (Å²) in [7, 11) is 3.01. The minimum atomic E-state index is -0.756. The molecule has 0 fully saturated rings. The number of methoxy groups -OCH3 is 1. The Morgan fingerprint density at radius 2 is 1.29 bits per heavy atom. The molecule has 21 heteroatoms. The van der Waals surface area contributed by atoms with Gasteiger partial charge in [0.25, 0.3) is 23.6 Å². The number of primary amides is 2. The van der Waals surface area contributed by atoms with E-state index in [9.17, 15) is 33.6 Å². The monoisotopic (exact) mass is 860 g/mol. The number of amides is 7. The van der Waals surface area contributed by atoms with Gasteiger partial charge in [-0.25, -0.2) is 9.97 Å². The first-order valence-electron chi connectivity index (χ1n) is 19.3. The fourth-order valence-electron chi connectivity index (χ4n) is 6.72. The third-order valence-corrected chi connectivity index (χ3v) is 9.86. The zero-order valence-corrected chi connectivity index (χ0v) is 33.9. The number of aromatic nitrogens is 4. The van der Waals surface area contributed by atoms with Crippen LogP contribution in [0.2, 0.25) is 0 Å². The highest BCUT2D eigenvalue weighted by Crippen LogP contribution is 2.33. The number of hydrogen-bond donors (Lipinski definition) is 4. The first kappa shape index (κ1) is 42.6. The molecule has 2 aromatic carbocycles. The average Bonchev–Trinajstić information content (AvgIpc) is 4.12. The van der Waals surface area contributed by atoms with E-state index in [4.69, 9.17) is 29.8 Å². The van der Waals surface area contributed by atoms with E-state index in [1.54, 1.807) is 40.5 Å². The van der Waals surface area contributed by atoms with Crippen LogP contribution < -0.4 is 31.6 Å². The number of carbonyl (C=O) groups excluding carboxylic acids is 7.